The van der Waals surface area contributed by atoms with Crippen LogP contribution < -0.4 is 13.8 Å². The second kappa shape index (κ2) is 11.3. The first-order valence-corrected chi connectivity index (χ1v) is 15.1. The number of carbonyl (C=O) groups excluding carboxylic acids is 1. The molecule has 200 valence electrons. The summed E-state index contributed by atoms with van der Waals surface area (Å²) in [5.74, 6) is 1.31. The zero-order valence-corrected chi connectivity index (χ0v) is 23.1. The van der Waals surface area contributed by atoms with Crippen molar-refractivity contribution in [3.8, 4) is 11.5 Å². The molecule has 0 N–H and O–H groups in total. The van der Waals surface area contributed by atoms with Crippen LogP contribution in [0, 0.1) is 6.92 Å². The SMILES string of the molecule is CSc1ccc(S(=O)(=O)N(CC(=O)N2CCN(Cc3ccc4c(c3)OCO4)CC2)c2ccc(C)cc2)cc1. The van der Waals surface area contributed by atoms with E-state index >= 15 is 0 Å². The minimum Gasteiger partial charge on any atom is -0.454 e. The van der Waals surface area contributed by atoms with Gasteiger partial charge >= 0.3 is 0 Å². The fraction of sp³-hybridized carbons (Fsp3) is 0.321. The Morgan fingerprint density at radius 3 is 2.29 bits per heavy atom. The summed E-state index contributed by atoms with van der Waals surface area (Å²) < 4.78 is 39.5. The molecule has 0 radical (unpaired) electrons. The number of ether oxygens (including phenoxy) is 2. The molecule has 0 saturated carbocycles. The molecule has 2 heterocycles. The highest BCUT2D eigenvalue weighted by atomic mass is 32.2. The molecule has 8 nitrogen and oxygen atoms in total. The van der Waals surface area contributed by atoms with Crippen molar-refractivity contribution in [2.75, 3.05) is 50.1 Å². The maximum absolute atomic E-state index is 13.7. The van der Waals surface area contributed by atoms with E-state index in [9.17, 15) is 13.2 Å². The highest BCUT2D eigenvalue weighted by Gasteiger charge is 2.30. The van der Waals surface area contributed by atoms with Crippen molar-refractivity contribution < 1.29 is 22.7 Å². The second-order valence-electron chi connectivity index (χ2n) is 9.37. The Bertz CT molecular complexity index is 1390. The number of thioether (sulfide) groups is 1. The molecule has 0 spiro atoms. The number of hydrogen-bond donors (Lipinski definition) is 0. The molecule has 1 fully saturated rings. The minimum atomic E-state index is -3.94. The first-order valence-electron chi connectivity index (χ1n) is 12.5. The van der Waals surface area contributed by atoms with Gasteiger partial charge in [-0.1, -0.05) is 23.8 Å². The van der Waals surface area contributed by atoms with E-state index in [4.69, 9.17) is 9.47 Å². The summed E-state index contributed by atoms with van der Waals surface area (Å²) in [6, 6.07) is 19.9. The number of aryl methyl sites for hydroxylation is 1. The van der Waals surface area contributed by atoms with Gasteiger partial charge in [-0.05, 0) is 67.3 Å². The lowest BCUT2D eigenvalue weighted by Crippen LogP contribution is -2.51. The maximum Gasteiger partial charge on any atom is 0.264 e. The lowest BCUT2D eigenvalue weighted by Gasteiger charge is -2.36. The van der Waals surface area contributed by atoms with Crippen molar-refractivity contribution in [2.24, 2.45) is 0 Å². The van der Waals surface area contributed by atoms with Crippen LogP contribution in [-0.4, -0.2) is 69.9 Å². The Kier molecular flexibility index (Phi) is 7.83. The van der Waals surface area contributed by atoms with Crippen molar-refractivity contribution in [3.63, 3.8) is 0 Å². The summed E-state index contributed by atoms with van der Waals surface area (Å²) in [4.78, 5) is 18.6. The van der Waals surface area contributed by atoms with E-state index in [-0.39, 0.29) is 24.1 Å². The highest BCUT2D eigenvalue weighted by Crippen LogP contribution is 2.33. The number of anilines is 1. The van der Waals surface area contributed by atoms with Crippen LogP contribution in [0.25, 0.3) is 0 Å². The first kappa shape index (κ1) is 26.4. The Hall–Kier alpha value is -3.21. The Morgan fingerprint density at radius 2 is 1.61 bits per heavy atom. The molecule has 0 unspecified atom stereocenters. The van der Waals surface area contributed by atoms with Gasteiger partial charge in [0.05, 0.1) is 10.6 Å². The number of piperazine rings is 1. The molecule has 2 aliphatic rings. The molecule has 38 heavy (non-hydrogen) atoms. The molecule has 1 saturated heterocycles. The second-order valence-corrected chi connectivity index (χ2v) is 12.1. The van der Waals surface area contributed by atoms with Gasteiger partial charge in [0.1, 0.15) is 6.54 Å². The largest absolute Gasteiger partial charge is 0.454 e. The first-order chi connectivity index (χ1) is 18.3. The van der Waals surface area contributed by atoms with Gasteiger partial charge in [-0.3, -0.25) is 14.0 Å². The van der Waals surface area contributed by atoms with Gasteiger partial charge in [-0.25, -0.2) is 8.42 Å². The number of nitrogens with zero attached hydrogens (tertiary/aromatic N) is 3. The van der Waals surface area contributed by atoms with Crippen LogP contribution in [0.5, 0.6) is 11.5 Å². The molecule has 0 atom stereocenters. The minimum absolute atomic E-state index is 0.164. The number of benzene rings is 3. The molecular weight excluding hydrogens is 522 g/mol. The molecule has 10 heteroatoms. The lowest BCUT2D eigenvalue weighted by atomic mass is 10.1. The number of fused-ring (bicyclic) bond motifs is 1. The average Bonchev–Trinajstić information content (AvgIpc) is 3.40. The molecule has 1 amide bonds. The van der Waals surface area contributed by atoms with Crippen LogP contribution in [0.15, 0.2) is 76.5 Å². The van der Waals surface area contributed by atoms with E-state index in [0.29, 0.717) is 31.9 Å². The van der Waals surface area contributed by atoms with E-state index in [0.717, 1.165) is 34.1 Å². The number of sulfonamides is 1. The lowest BCUT2D eigenvalue weighted by molar-refractivity contribution is -0.131. The fourth-order valence-electron chi connectivity index (χ4n) is 4.58. The topological polar surface area (TPSA) is 79.4 Å². The van der Waals surface area contributed by atoms with Crippen LogP contribution in [-0.2, 0) is 21.4 Å². The van der Waals surface area contributed by atoms with E-state index in [1.807, 2.05) is 43.5 Å². The molecule has 0 bridgehead atoms. The zero-order valence-electron chi connectivity index (χ0n) is 21.5. The monoisotopic (exact) mass is 553 g/mol. The van der Waals surface area contributed by atoms with Gasteiger partial charge in [-0.2, -0.15) is 0 Å². The van der Waals surface area contributed by atoms with Gasteiger partial charge in [0.2, 0.25) is 12.7 Å². The molecule has 5 rings (SSSR count). The van der Waals surface area contributed by atoms with Crippen LogP contribution in [0.1, 0.15) is 11.1 Å². The smallest absolute Gasteiger partial charge is 0.264 e. The van der Waals surface area contributed by atoms with Crippen molar-refractivity contribution in [1.82, 2.24) is 9.80 Å². The molecule has 0 aliphatic carbocycles. The predicted octanol–water partition coefficient (Wildman–Crippen LogP) is 3.99. The van der Waals surface area contributed by atoms with E-state index in [2.05, 4.69) is 4.90 Å². The van der Waals surface area contributed by atoms with Crippen LogP contribution in [0.4, 0.5) is 5.69 Å². The van der Waals surface area contributed by atoms with Gasteiger partial charge in [0.15, 0.2) is 11.5 Å². The third-order valence-electron chi connectivity index (χ3n) is 6.82. The van der Waals surface area contributed by atoms with E-state index in [1.165, 1.54) is 4.31 Å². The van der Waals surface area contributed by atoms with Gasteiger partial charge in [-0.15, -0.1) is 11.8 Å². The van der Waals surface area contributed by atoms with Crippen LogP contribution in [0.3, 0.4) is 0 Å². The standard InChI is InChI=1S/C28H31N3O5S2/c1-21-3-6-23(7-4-21)31(38(33,34)25-10-8-24(37-2)9-11-25)19-28(32)30-15-13-29(14-16-30)18-22-5-12-26-27(17-22)36-20-35-26/h3-12,17H,13-16,18-20H2,1-2H3. The highest BCUT2D eigenvalue weighted by molar-refractivity contribution is 7.98. The van der Waals surface area contributed by atoms with Crippen LogP contribution in [0.2, 0.25) is 0 Å². The summed E-state index contributed by atoms with van der Waals surface area (Å²) >= 11 is 1.54. The third kappa shape index (κ3) is 5.77. The normalized spacial score (nSPS) is 15.5. The number of amides is 1. The van der Waals surface area contributed by atoms with Gasteiger partial charge < -0.3 is 14.4 Å². The Morgan fingerprint density at radius 1 is 0.921 bits per heavy atom. The summed E-state index contributed by atoms with van der Waals surface area (Å²) in [6.07, 6.45) is 1.94. The third-order valence-corrected chi connectivity index (χ3v) is 9.35. The summed E-state index contributed by atoms with van der Waals surface area (Å²) in [5.41, 5.74) is 2.61. The summed E-state index contributed by atoms with van der Waals surface area (Å²) in [7, 11) is -3.94. The van der Waals surface area contributed by atoms with Crippen LogP contribution >= 0.6 is 11.8 Å². The zero-order chi connectivity index (χ0) is 26.7. The number of carbonyl (C=O) groups is 1. The van der Waals surface area contributed by atoms with E-state index < -0.39 is 10.0 Å². The fourth-order valence-corrected chi connectivity index (χ4v) is 6.40. The number of hydrogen-bond acceptors (Lipinski definition) is 7. The molecular formula is C28H31N3O5S2. The van der Waals surface area contributed by atoms with E-state index in [1.54, 1.807) is 53.1 Å². The average molecular weight is 554 g/mol. The Labute approximate surface area is 228 Å². The van der Waals surface area contributed by atoms with Crippen molar-refractivity contribution in [1.29, 1.82) is 0 Å². The molecule has 2 aliphatic heterocycles. The predicted molar refractivity (Wildman–Crippen MR) is 148 cm³/mol. The quantitative estimate of drug-likeness (QED) is 0.391. The number of rotatable bonds is 8. The molecule has 0 aromatic heterocycles. The van der Waals surface area contributed by atoms with Crippen molar-refractivity contribution >= 4 is 33.4 Å². The molecule has 3 aromatic carbocycles. The van der Waals surface area contributed by atoms with Gasteiger partial charge in [0.25, 0.3) is 10.0 Å². The maximum atomic E-state index is 13.7. The van der Waals surface area contributed by atoms with Gasteiger partial charge in [0, 0.05) is 37.6 Å². The van der Waals surface area contributed by atoms with Crippen molar-refractivity contribution in [2.45, 2.75) is 23.3 Å². The summed E-state index contributed by atoms with van der Waals surface area (Å²) in [5, 5.41) is 0. The molecule has 3 aromatic rings. The Balaban J connectivity index is 1.27. The summed E-state index contributed by atoms with van der Waals surface area (Å²) in [6.45, 7) is 5.16. The van der Waals surface area contributed by atoms with Crippen molar-refractivity contribution in [3.05, 3.63) is 77.9 Å².